The molecule has 0 radical (unpaired) electrons. The summed E-state index contributed by atoms with van der Waals surface area (Å²) in [6, 6.07) is 14.3. The van der Waals surface area contributed by atoms with E-state index in [1.54, 1.807) is 42.1 Å². The van der Waals surface area contributed by atoms with Crippen LogP contribution < -0.4 is 4.74 Å². The van der Waals surface area contributed by atoms with Crippen LogP contribution in [0.2, 0.25) is 0 Å². The average molecular weight is 271 g/mol. The van der Waals surface area contributed by atoms with Crippen molar-refractivity contribution in [1.29, 1.82) is 5.26 Å². The first-order valence-corrected chi connectivity index (χ1v) is 6.86. The number of para-hydroxylation sites is 2. The zero-order valence-corrected chi connectivity index (χ0v) is 11.3. The van der Waals surface area contributed by atoms with Crippen LogP contribution in [0, 0.1) is 11.3 Å². The van der Waals surface area contributed by atoms with Gasteiger partial charge in [-0.3, -0.25) is 0 Å². The van der Waals surface area contributed by atoms with Gasteiger partial charge in [-0.15, -0.1) is 11.8 Å². The number of aromatic hydroxyl groups is 1. The highest BCUT2D eigenvalue weighted by Gasteiger charge is 2.11. The minimum Gasteiger partial charge on any atom is -0.504 e. The van der Waals surface area contributed by atoms with E-state index in [0.29, 0.717) is 17.1 Å². The predicted molar refractivity (Wildman–Crippen MR) is 75.7 cm³/mol. The second kappa shape index (κ2) is 6.17. The van der Waals surface area contributed by atoms with Gasteiger partial charge < -0.3 is 9.84 Å². The van der Waals surface area contributed by atoms with Crippen LogP contribution >= 0.6 is 11.8 Å². The quantitative estimate of drug-likeness (QED) is 0.848. The molecule has 0 heterocycles. The van der Waals surface area contributed by atoms with E-state index in [-0.39, 0.29) is 5.75 Å². The molecule has 0 aromatic heterocycles. The van der Waals surface area contributed by atoms with Crippen molar-refractivity contribution in [2.45, 2.75) is 11.8 Å². The van der Waals surface area contributed by atoms with Crippen molar-refractivity contribution in [2.75, 3.05) is 5.75 Å². The molecule has 0 aliphatic carbocycles. The molecule has 4 heteroatoms. The number of thioether (sulfide) groups is 1. The van der Waals surface area contributed by atoms with E-state index in [2.05, 4.69) is 6.07 Å². The predicted octanol–water partition coefficient (Wildman–Crippen LogP) is 4.17. The maximum atomic E-state index is 9.69. The standard InChI is InChI=1S/C15H13NO2S/c1-2-19-15-9-5-8-13(11(15)10-16)18-14-7-4-3-6-12(14)17/h3-9,17H,2H2,1H3. The van der Waals surface area contributed by atoms with Crippen LogP contribution in [0.4, 0.5) is 0 Å². The Morgan fingerprint density at radius 2 is 1.89 bits per heavy atom. The molecule has 0 spiro atoms. The van der Waals surface area contributed by atoms with E-state index >= 15 is 0 Å². The Hall–Kier alpha value is -2.12. The lowest BCUT2D eigenvalue weighted by molar-refractivity contribution is 0.410. The summed E-state index contributed by atoms with van der Waals surface area (Å²) in [6.07, 6.45) is 0. The minimum atomic E-state index is 0.0555. The first kappa shape index (κ1) is 13.3. The molecule has 0 fully saturated rings. The summed E-state index contributed by atoms with van der Waals surface area (Å²) in [4.78, 5) is 0.887. The number of hydrogen-bond donors (Lipinski definition) is 1. The van der Waals surface area contributed by atoms with Crippen molar-refractivity contribution in [3.8, 4) is 23.3 Å². The van der Waals surface area contributed by atoms with Crippen LogP contribution in [0.25, 0.3) is 0 Å². The van der Waals surface area contributed by atoms with E-state index in [1.165, 1.54) is 0 Å². The molecule has 0 saturated heterocycles. The third kappa shape index (κ3) is 3.01. The van der Waals surface area contributed by atoms with E-state index in [1.807, 2.05) is 19.1 Å². The first-order chi connectivity index (χ1) is 9.26. The van der Waals surface area contributed by atoms with Crippen LogP contribution in [0.1, 0.15) is 12.5 Å². The van der Waals surface area contributed by atoms with Crippen LogP contribution in [-0.2, 0) is 0 Å². The van der Waals surface area contributed by atoms with Crippen molar-refractivity contribution in [2.24, 2.45) is 0 Å². The molecule has 0 aliphatic rings. The number of benzene rings is 2. The number of phenolic OH excluding ortho intramolecular Hbond substituents is 1. The maximum absolute atomic E-state index is 9.69. The highest BCUT2D eigenvalue weighted by molar-refractivity contribution is 7.99. The summed E-state index contributed by atoms with van der Waals surface area (Å²) in [6.45, 7) is 2.03. The third-order valence-corrected chi connectivity index (χ3v) is 3.42. The monoisotopic (exact) mass is 271 g/mol. The molecule has 0 unspecified atom stereocenters. The van der Waals surface area contributed by atoms with Crippen molar-refractivity contribution in [1.82, 2.24) is 0 Å². The lowest BCUT2D eigenvalue weighted by Gasteiger charge is -2.11. The molecule has 0 aliphatic heterocycles. The van der Waals surface area contributed by atoms with Crippen LogP contribution in [0.15, 0.2) is 47.4 Å². The Morgan fingerprint density at radius 3 is 2.58 bits per heavy atom. The number of phenols is 1. The molecule has 2 aromatic rings. The molecule has 0 amide bonds. The van der Waals surface area contributed by atoms with E-state index in [9.17, 15) is 10.4 Å². The summed E-state index contributed by atoms with van der Waals surface area (Å²) >= 11 is 1.59. The Kier molecular flexibility index (Phi) is 4.32. The molecule has 2 aromatic carbocycles. The maximum Gasteiger partial charge on any atom is 0.169 e. The number of nitrogens with zero attached hydrogens (tertiary/aromatic N) is 1. The van der Waals surface area contributed by atoms with Crippen LogP contribution in [-0.4, -0.2) is 10.9 Å². The molecule has 2 rings (SSSR count). The highest BCUT2D eigenvalue weighted by Crippen LogP contribution is 2.35. The van der Waals surface area contributed by atoms with Gasteiger partial charge in [0.15, 0.2) is 11.5 Å². The normalized spacial score (nSPS) is 9.89. The number of nitriles is 1. The van der Waals surface area contributed by atoms with Crippen LogP contribution in [0.3, 0.4) is 0 Å². The van der Waals surface area contributed by atoms with Gasteiger partial charge in [-0.25, -0.2) is 0 Å². The fourth-order valence-electron chi connectivity index (χ4n) is 1.64. The molecular weight excluding hydrogens is 258 g/mol. The highest BCUT2D eigenvalue weighted by atomic mass is 32.2. The van der Waals surface area contributed by atoms with Crippen LogP contribution in [0.5, 0.6) is 17.2 Å². The average Bonchev–Trinajstić information content (AvgIpc) is 2.42. The minimum absolute atomic E-state index is 0.0555. The summed E-state index contributed by atoms with van der Waals surface area (Å²) in [7, 11) is 0. The first-order valence-electron chi connectivity index (χ1n) is 5.88. The molecule has 1 N–H and O–H groups in total. The van der Waals surface area contributed by atoms with Gasteiger partial charge in [0.05, 0.1) is 0 Å². The number of rotatable bonds is 4. The summed E-state index contributed by atoms with van der Waals surface area (Å²) in [5, 5.41) is 19.0. The van der Waals surface area contributed by atoms with Gasteiger partial charge in [-0.1, -0.05) is 25.1 Å². The van der Waals surface area contributed by atoms with E-state index < -0.39 is 0 Å². The van der Waals surface area contributed by atoms with Gasteiger partial charge in [-0.2, -0.15) is 5.26 Å². The Bertz CT molecular complexity index is 620. The van der Waals surface area contributed by atoms with Gasteiger partial charge in [0.2, 0.25) is 0 Å². The van der Waals surface area contributed by atoms with E-state index in [4.69, 9.17) is 4.74 Å². The van der Waals surface area contributed by atoms with Gasteiger partial charge in [0, 0.05) is 4.90 Å². The van der Waals surface area contributed by atoms with Gasteiger partial charge in [0.1, 0.15) is 17.4 Å². The van der Waals surface area contributed by atoms with Crippen molar-refractivity contribution in [3.63, 3.8) is 0 Å². The Balaban J connectivity index is 2.38. The number of ether oxygens (including phenoxy) is 1. The third-order valence-electron chi connectivity index (χ3n) is 2.48. The smallest absolute Gasteiger partial charge is 0.169 e. The van der Waals surface area contributed by atoms with Gasteiger partial charge in [0.25, 0.3) is 0 Å². The fourth-order valence-corrected chi connectivity index (χ4v) is 2.42. The number of hydrogen-bond acceptors (Lipinski definition) is 4. The van der Waals surface area contributed by atoms with Gasteiger partial charge >= 0.3 is 0 Å². The van der Waals surface area contributed by atoms with Crippen molar-refractivity contribution < 1.29 is 9.84 Å². The summed E-state index contributed by atoms with van der Waals surface area (Å²) in [5.74, 6) is 1.74. The second-order valence-corrected chi connectivity index (χ2v) is 5.05. The molecule has 0 saturated carbocycles. The largest absolute Gasteiger partial charge is 0.504 e. The lowest BCUT2D eigenvalue weighted by Crippen LogP contribution is -1.91. The SMILES string of the molecule is CCSc1cccc(Oc2ccccc2O)c1C#N. The molecule has 0 atom stereocenters. The lowest BCUT2D eigenvalue weighted by atomic mass is 10.2. The molecule has 0 bridgehead atoms. The van der Waals surface area contributed by atoms with Gasteiger partial charge in [-0.05, 0) is 30.0 Å². The van der Waals surface area contributed by atoms with Crippen molar-refractivity contribution in [3.05, 3.63) is 48.0 Å². The Labute approximate surface area is 116 Å². The zero-order chi connectivity index (χ0) is 13.7. The molecule has 3 nitrogen and oxygen atoms in total. The zero-order valence-electron chi connectivity index (χ0n) is 10.5. The summed E-state index contributed by atoms with van der Waals surface area (Å²) < 4.78 is 5.63. The fraction of sp³-hybridized carbons (Fsp3) is 0.133. The second-order valence-electron chi connectivity index (χ2n) is 3.74. The molecular formula is C15H13NO2S. The topological polar surface area (TPSA) is 53.2 Å². The van der Waals surface area contributed by atoms with Crippen molar-refractivity contribution >= 4 is 11.8 Å². The summed E-state index contributed by atoms with van der Waals surface area (Å²) in [5.41, 5.74) is 0.498. The van der Waals surface area contributed by atoms with E-state index in [0.717, 1.165) is 10.6 Å². The molecule has 96 valence electrons. The molecule has 19 heavy (non-hydrogen) atoms. The Morgan fingerprint density at radius 1 is 1.16 bits per heavy atom.